The number of pyridine rings is 1. The van der Waals surface area contributed by atoms with Gasteiger partial charge in [0.15, 0.2) is 5.11 Å². The molecule has 0 aliphatic carbocycles. The molecule has 3 aromatic rings. The maximum Gasteiger partial charge on any atom is 0.169 e. The third kappa shape index (κ3) is 2.92. The summed E-state index contributed by atoms with van der Waals surface area (Å²) >= 11 is 5.57. The monoisotopic (exact) mass is 376 g/mol. The molecule has 0 unspecified atom stereocenters. The van der Waals surface area contributed by atoms with E-state index >= 15 is 0 Å². The van der Waals surface area contributed by atoms with Gasteiger partial charge in [0.2, 0.25) is 0 Å². The van der Waals surface area contributed by atoms with Crippen LogP contribution >= 0.6 is 12.2 Å². The second-order valence-corrected chi connectivity index (χ2v) is 7.57. The summed E-state index contributed by atoms with van der Waals surface area (Å²) in [6, 6.07) is 17.0. The van der Waals surface area contributed by atoms with E-state index in [0.29, 0.717) is 0 Å². The fourth-order valence-corrected chi connectivity index (χ4v) is 4.36. The fraction of sp³-hybridized carbons (Fsp3) is 0.273. The number of thiocarbonyl (C=S) groups is 1. The predicted octanol–water partition coefficient (Wildman–Crippen LogP) is 4.40. The number of hydrogen-bond donors (Lipinski definition) is 1. The summed E-state index contributed by atoms with van der Waals surface area (Å²) in [5.74, 6) is 0. The number of aromatic nitrogens is 2. The Morgan fingerprint density at radius 3 is 2.48 bits per heavy atom. The Hall–Kier alpha value is -2.66. The standard InChI is InChI=1S/C22H24N4S/c1-14-9-5-6-11-19(14)26-15(2)13-17(16(26)3)21-20(24-22(27)25(21)4)18-10-7-8-12-23-18/h5-13,20-21H,1-4H3,(H,24,27)/t20-,21-/m1/s1. The van der Waals surface area contributed by atoms with Crippen molar-refractivity contribution in [1.82, 2.24) is 19.8 Å². The summed E-state index contributed by atoms with van der Waals surface area (Å²) in [6.45, 7) is 6.52. The smallest absolute Gasteiger partial charge is 0.169 e. The summed E-state index contributed by atoms with van der Waals surface area (Å²) in [4.78, 5) is 6.73. The van der Waals surface area contributed by atoms with Crippen LogP contribution < -0.4 is 5.32 Å². The third-order valence-electron chi connectivity index (χ3n) is 5.48. The van der Waals surface area contributed by atoms with Gasteiger partial charge in [0.05, 0.1) is 17.8 Å². The van der Waals surface area contributed by atoms with E-state index in [-0.39, 0.29) is 12.1 Å². The first-order valence-corrected chi connectivity index (χ1v) is 9.59. The summed E-state index contributed by atoms with van der Waals surface area (Å²) in [7, 11) is 2.06. The first kappa shape index (κ1) is 17.7. The fourth-order valence-electron chi connectivity index (χ4n) is 4.12. The van der Waals surface area contributed by atoms with Crippen LogP contribution in [0.1, 0.15) is 40.3 Å². The van der Waals surface area contributed by atoms with E-state index in [9.17, 15) is 0 Å². The Morgan fingerprint density at radius 1 is 1.04 bits per heavy atom. The number of aryl methyl sites for hydroxylation is 2. The molecule has 2 aromatic heterocycles. The van der Waals surface area contributed by atoms with Crippen LogP contribution in [0.25, 0.3) is 5.69 Å². The van der Waals surface area contributed by atoms with Gasteiger partial charge in [0.25, 0.3) is 0 Å². The number of benzene rings is 1. The lowest BCUT2D eigenvalue weighted by Crippen LogP contribution is -2.25. The molecule has 1 N–H and O–H groups in total. The van der Waals surface area contributed by atoms with Crippen LogP contribution in [0.2, 0.25) is 0 Å². The van der Waals surface area contributed by atoms with Crippen LogP contribution in [0.5, 0.6) is 0 Å². The van der Waals surface area contributed by atoms with E-state index in [0.717, 1.165) is 10.8 Å². The van der Waals surface area contributed by atoms with Crippen molar-refractivity contribution < 1.29 is 0 Å². The molecule has 1 fully saturated rings. The van der Waals surface area contributed by atoms with Gasteiger partial charge >= 0.3 is 0 Å². The number of rotatable bonds is 3. The number of likely N-dealkylation sites (N-methyl/N-ethyl adjacent to an activating group) is 1. The molecule has 4 rings (SSSR count). The quantitative estimate of drug-likeness (QED) is 0.687. The maximum atomic E-state index is 5.57. The van der Waals surface area contributed by atoms with Gasteiger partial charge in [-0.25, -0.2) is 0 Å². The van der Waals surface area contributed by atoms with Crippen molar-refractivity contribution in [3.8, 4) is 5.69 Å². The highest BCUT2D eigenvalue weighted by Crippen LogP contribution is 2.40. The molecule has 0 amide bonds. The van der Waals surface area contributed by atoms with Crippen LogP contribution in [0.4, 0.5) is 0 Å². The Balaban J connectivity index is 1.84. The maximum absolute atomic E-state index is 5.57. The van der Waals surface area contributed by atoms with Crippen molar-refractivity contribution in [2.75, 3.05) is 7.05 Å². The number of nitrogens with zero attached hydrogens (tertiary/aromatic N) is 3. The summed E-state index contributed by atoms with van der Waals surface area (Å²) in [6.07, 6.45) is 1.84. The molecule has 1 aromatic carbocycles. The SMILES string of the molecule is Cc1ccccc1-n1c(C)cc([C@@H]2[C@@H](c3ccccn3)NC(=S)N2C)c1C. The van der Waals surface area contributed by atoms with Gasteiger partial charge in [0.1, 0.15) is 0 Å². The van der Waals surface area contributed by atoms with Crippen LogP contribution in [0, 0.1) is 20.8 Å². The van der Waals surface area contributed by atoms with Gasteiger partial charge in [-0.05, 0) is 68.4 Å². The molecule has 0 saturated carbocycles. The Morgan fingerprint density at radius 2 is 1.78 bits per heavy atom. The molecule has 0 radical (unpaired) electrons. The first-order chi connectivity index (χ1) is 13.0. The van der Waals surface area contributed by atoms with Gasteiger partial charge in [-0.3, -0.25) is 4.98 Å². The minimum Gasteiger partial charge on any atom is -0.352 e. The van der Waals surface area contributed by atoms with E-state index in [1.54, 1.807) is 0 Å². The molecule has 5 heteroatoms. The molecule has 3 heterocycles. The average molecular weight is 377 g/mol. The van der Waals surface area contributed by atoms with Gasteiger partial charge in [-0.2, -0.15) is 0 Å². The minimum absolute atomic E-state index is 0.0366. The topological polar surface area (TPSA) is 33.1 Å². The summed E-state index contributed by atoms with van der Waals surface area (Å²) in [5, 5.41) is 4.22. The number of para-hydroxylation sites is 1. The highest BCUT2D eigenvalue weighted by atomic mass is 32.1. The van der Waals surface area contributed by atoms with Crippen molar-refractivity contribution in [2.24, 2.45) is 0 Å². The Kier molecular flexibility index (Phi) is 4.48. The molecule has 1 saturated heterocycles. The second kappa shape index (κ2) is 6.82. The highest BCUT2D eigenvalue weighted by Gasteiger charge is 2.39. The molecular weight excluding hydrogens is 352 g/mol. The van der Waals surface area contributed by atoms with Gasteiger partial charge in [0, 0.05) is 30.3 Å². The zero-order valence-electron chi connectivity index (χ0n) is 16.1. The van der Waals surface area contributed by atoms with Crippen molar-refractivity contribution in [1.29, 1.82) is 0 Å². The average Bonchev–Trinajstić information content (AvgIpc) is 3.12. The number of nitrogens with one attached hydrogen (secondary N) is 1. The Labute approximate surface area is 165 Å². The van der Waals surface area contributed by atoms with Gasteiger partial charge < -0.3 is 14.8 Å². The number of hydrogen-bond acceptors (Lipinski definition) is 2. The molecule has 0 bridgehead atoms. The van der Waals surface area contributed by atoms with Crippen molar-refractivity contribution in [3.05, 3.63) is 82.9 Å². The van der Waals surface area contributed by atoms with E-state index in [2.05, 4.69) is 84.0 Å². The zero-order valence-corrected chi connectivity index (χ0v) is 16.9. The Bertz CT molecular complexity index is 993. The lowest BCUT2D eigenvalue weighted by Gasteiger charge is -2.24. The molecule has 2 atom stereocenters. The largest absolute Gasteiger partial charge is 0.352 e. The van der Waals surface area contributed by atoms with Gasteiger partial charge in [-0.1, -0.05) is 24.3 Å². The predicted molar refractivity (Wildman–Crippen MR) is 113 cm³/mol. The van der Waals surface area contributed by atoms with E-state index in [1.165, 1.54) is 28.2 Å². The van der Waals surface area contributed by atoms with Crippen LogP contribution in [0.15, 0.2) is 54.7 Å². The molecule has 27 heavy (non-hydrogen) atoms. The van der Waals surface area contributed by atoms with E-state index < -0.39 is 0 Å². The van der Waals surface area contributed by atoms with E-state index in [1.807, 2.05) is 18.3 Å². The molecule has 4 nitrogen and oxygen atoms in total. The third-order valence-corrected chi connectivity index (χ3v) is 5.89. The first-order valence-electron chi connectivity index (χ1n) is 9.18. The molecular formula is C22H24N4S. The van der Waals surface area contributed by atoms with Crippen molar-refractivity contribution in [3.63, 3.8) is 0 Å². The molecule has 138 valence electrons. The van der Waals surface area contributed by atoms with Crippen molar-refractivity contribution in [2.45, 2.75) is 32.9 Å². The summed E-state index contributed by atoms with van der Waals surface area (Å²) < 4.78 is 2.34. The van der Waals surface area contributed by atoms with Crippen LogP contribution in [0.3, 0.4) is 0 Å². The molecule has 0 spiro atoms. The lowest BCUT2D eigenvalue weighted by molar-refractivity contribution is 0.367. The normalized spacial score (nSPS) is 19.4. The molecule has 1 aliphatic heterocycles. The zero-order chi connectivity index (χ0) is 19.1. The van der Waals surface area contributed by atoms with Crippen LogP contribution in [-0.2, 0) is 0 Å². The lowest BCUT2D eigenvalue weighted by atomic mass is 9.97. The van der Waals surface area contributed by atoms with Gasteiger partial charge in [-0.15, -0.1) is 0 Å². The van der Waals surface area contributed by atoms with Crippen LogP contribution in [-0.4, -0.2) is 26.6 Å². The van der Waals surface area contributed by atoms with Crippen molar-refractivity contribution >= 4 is 17.3 Å². The summed E-state index contributed by atoms with van der Waals surface area (Å²) in [5.41, 5.74) is 7.25. The highest BCUT2D eigenvalue weighted by molar-refractivity contribution is 7.80. The second-order valence-electron chi connectivity index (χ2n) is 7.19. The molecule has 1 aliphatic rings. The minimum atomic E-state index is 0.0366. The van der Waals surface area contributed by atoms with E-state index in [4.69, 9.17) is 12.2 Å².